The van der Waals surface area contributed by atoms with Gasteiger partial charge in [0.15, 0.2) is 0 Å². The second-order valence-electron chi connectivity index (χ2n) is 4.94. The third-order valence-corrected chi connectivity index (χ3v) is 5.03. The van der Waals surface area contributed by atoms with Gasteiger partial charge in [0, 0.05) is 25.7 Å². The highest BCUT2D eigenvalue weighted by Gasteiger charge is 2.22. The molecule has 1 saturated heterocycles. The number of nitrogens with one attached hydrogen (secondary N) is 1. The molecule has 0 bridgehead atoms. The summed E-state index contributed by atoms with van der Waals surface area (Å²) < 4.78 is 0.982. The molecule has 1 unspecified atom stereocenters. The number of benzene rings is 2. The topological polar surface area (TPSA) is 15.3 Å². The maximum atomic E-state index is 6.20. The molecule has 104 valence electrons. The largest absolute Gasteiger partial charge is 0.367 e. The quantitative estimate of drug-likeness (QED) is 0.870. The molecule has 4 heteroatoms. The van der Waals surface area contributed by atoms with Crippen LogP contribution in [0.15, 0.2) is 53.0 Å². The fraction of sp³-hybridized carbons (Fsp3) is 0.250. The van der Waals surface area contributed by atoms with Gasteiger partial charge in [0.25, 0.3) is 0 Å². The third-order valence-electron chi connectivity index (χ3n) is 3.65. The highest BCUT2D eigenvalue weighted by molar-refractivity contribution is 9.10. The van der Waals surface area contributed by atoms with Gasteiger partial charge in [-0.3, -0.25) is 0 Å². The van der Waals surface area contributed by atoms with Crippen molar-refractivity contribution < 1.29 is 0 Å². The van der Waals surface area contributed by atoms with Gasteiger partial charge in [-0.2, -0.15) is 0 Å². The predicted molar refractivity (Wildman–Crippen MR) is 88.6 cm³/mol. The van der Waals surface area contributed by atoms with Crippen molar-refractivity contribution in [2.75, 3.05) is 24.5 Å². The Morgan fingerprint density at radius 3 is 2.70 bits per heavy atom. The Balaban J connectivity index is 1.83. The fourth-order valence-electron chi connectivity index (χ4n) is 2.61. The smallest absolute Gasteiger partial charge is 0.0595 e. The van der Waals surface area contributed by atoms with E-state index in [9.17, 15) is 0 Å². The first-order valence-corrected chi connectivity index (χ1v) is 7.90. The molecule has 0 aromatic heterocycles. The van der Waals surface area contributed by atoms with Crippen molar-refractivity contribution in [2.45, 2.75) is 6.04 Å². The Morgan fingerprint density at radius 1 is 1.10 bits per heavy atom. The molecule has 2 nitrogen and oxygen atoms in total. The normalized spacial score (nSPS) is 19.1. The Bertz CT molecular complexity index is 588. The maximum absolute atomic E-state index is 6.20. The van der Waals surface area contributed by atoms with Crippen LogP contribution in [0.25, 0.3) is 0 Å². The maximum Gasteiger partial charge on any atom is 0.0595 e. The van der Waals surface area contributed by atoms with E-state index < -0.39 is 0 Å². The Labute approximate surface area is 132 Å². The molecule has 0 amide bonds. The predicted octanol–water partition coefficient (Wildman–Crippen LogP) is 4.25. The molecule has 1 N–H and O–H groups in total. The van der Waals surface area contributed by atoms with Gasteiger partial charge in [0.2, 0.25) is 0 Å². The van der Waals surface area contributed by atoms with Crippen molar-refractivity contribution in [2.24, 2.45) is 0 Å². The highest BCUT2D eigenvalue weighted by Crippen LogP contribution is 2.34. The first-order valence-electron chi connectivity index (χ1n) is 6.73. The van der Waals surface area contributed by atoms with Crippen LogP contribution in [0.2, 0.25) is 5.02 Å². The Morgan fingerprint density at radius 2 is 1.90 bits per heavy atom. The van der Waals surface area contributed by atoms with Gasteiger partial charge < -0.3 is 10.2 Å². The molecule has 2 aromatic rings. The van der Waals surface area contributed by atoms with Crippen LogP contribution >= 0.6 is 27.5 Å². The van der Waals surface area contributed by atoms with Crippen LogP contribution in [-0.2, 0) is 0 Å². The number of anilines is 1. The van der Waals surface area contributed by atoms with Crippen LogP contribution in [0.3, 0.4) is 0 Å². The molecule has 20 heavy (non-hydrogen) atoms. The molecule has 3 rings (SSSR count). The minimum absolute atomic E-state index is 0.357. The molecule has 0 spiro atoms. The van der Waals surface area contributed by atoms with E-state index in [1.54, 1.807) is 0 Å². The molecule has 2 aromatic carbocycles. The lowest BCUT2D eigenvalue weighted by Gasteiger charge is -2.36. The summed E-state index contributed by atoms with van der Waals surface area (Å²) in [5.74, 6) is 0. The van der Waals surface area contributed by atoms with Crippen LogP contribution in [0.5, 0.6) is 0 Å². The van der Waals surface area contributed by atoms with Crippen molar-refractivity contribution in [3.8, 4) is 0 Å². The summed E-state index contributed by atoms with van der Waals surface area (Å²) in [6.07, 6.45) is 0. The van der Waals surface area contributed by atoms with E-state index in [1.807, 2.05) is 12.1 Å². The molecule has 1 heterocycles. The molecule has 1 aliphatic rings. The van der Waals surface area contributed by atoms with Crippen molar-refractivity contribution >= 4 is 33.2 Å². The summed E-state index contributed by atoms with van der Waals surface area (Å²) in [5.41, 5.74) is 2.50. The second kappa shape index (κ2) is 6.17. The summed E-state index contributed by atoms with van der Waals surface area (Å²) in [5, 5.41) is 4.34. The first-order chi connectivity index (χ1) is 9.75. The minimum atomic E-state index is 0.357. The number of halogens is 2. The number of rotatable bonds is 2. The molecule has 0 saturated carbocycles. The number of nitrogens with zero attached hydrogens (tertiary/aromatic N) is 1. The number of piperazine rings is 1. The monoisotopic (exact) mass is 350 g/mol. The molecule has 1 fully saturated rings. The molecular weight excluding hydrogens is 336 g/mol. The zero-order chi connectivity index (χ0) is 13.9. The fourth-order valence-corrected chi connectivity index (χ4v) is 3.30. The zero-order valence-corrected chi connectivity index (χ0v) is 13.4. The van der Waals surface area contributed by atoms with E-state index in [2.05, 4.69) is 62.5 Å². The van der Waals surface area contributed by atoms with Gasteiger partial charge in [-0.25, -0.2) is 0 Å². The Hall–Kier alpha value is -1.03. The molecular formula is C16H16BrClN2. The van der Waals surface area contributed by atoms with Crippen LogP contribution < -0.4 is 10.2 Å². The molecule has 1 atom stereocenters. The third kappa shape index (κ3) is 2.85. The van der Waals surface area contributed by atoms with Crippen LogP contribution in [0.1, 0.15) is 11.6 Å². The van der Waals surface area contributed by atoms with Crippen LogP contribution in [-0.4, -0.2) is 19.6 Å². The van der Waals surface area contributed by atoms with Crippen molar-refractivity contribution in [3.63, 3.8) is 0 Å². The lowest BCUT2D eigenvalue weighted by Crippen LogP contribution is -2.46. The van der Waals surface area contributed by atoms with Gasteiger partial charge in [-0.15, -0.1) is 0 Å². The SMILES string of the molecule is Clc1cccc(N2CCNC(c3ccccc3)C2)c1Br. The van der Waals surface area contributed by atoms with Crippen LogP contribution in [0.4, 0.5) is 5.69 Å². The lowest BCUT2D eigenvalue weighted by atomic mass is 10.0. The number of hydrogen-bond acceptors (Lipinski definition) is 2. The van der Waals surface area contributed by atoms with E-state index in [0.717, 1.165) is 29.1 Å². The van der Waals surface area contributed by atoms with Gasteiger partial charge in [0.05, 0.1) is 15.2 Å². The van der Waals surface area contributed by atoms with E-state index in [-0.39, 0.29) is 0 Å². The average Bonchev–Trinajstić information content (AvgIpc) is 2.51. The Kier molecular flexibility index (Phi) is 4.29. The average molecular weight is 352 g/mol. The summed E-state index contributed by atoms with van der Waals surface area (Å²) in [7, 11) is 0. The lowest BCUT2D eigenvalue weighted by molar-refractivity contribution is 0.471. The van der Waals surface area contributed by atoms with Gasteiger partial charge in [-0.1, -0.05) is 48.0 Å². The zero-order valence-electron chi connectivity index (χ0n) is 11.0. The highest BCUT2D eigenvalue weighted by atomic mass is 79.9. The first kappa shape index (κ1) is 13.9. The summed E-state index contributed by atoms with van der Waals surface area (Å²) >= 11 is 9.80. The van der Waals surface area contributed by atoms with Gasteiger partial charge >= 0.3 is 0 Å². The van der Waals surface area contributed by atoms with Crippen molar-refractivity contribution in [1.82, 2.24) is 5.32 Å². The summed E-state index contributed by atoms with van der Waals surface area (Å²) in [6.45, 7) is 2.91. The van der Waals surface area contributed by atoms with Gasteiger partial charge in [-0.05, 0) is 33.6 Å². The van der Waals surface area contributed by atoms with E-state index >= 15 is 0 Å². The van der Waals surface area contributed by atoms with E-state index in [4.69, 9.17) is 11.6 Å². The van der Waals surface area contributed by atoms with Crippen molar-refractivity contribution in [3.05, 3.63) is 63.6 Å². The molecule has 1 aliphatic heterocycles. The standard InChI is InChI=1S/C16H16BrClN2/c17-16-13(18)7-4-8-15(16)20-10-9-19-14(11-20)12-5-2-1-3-6-12/h1-8,14,19H,9-11H2. The molecule has 0 aliphatic carbocycles. The van der Waals surface area contributed by atoms with Crippen LogP contribution in [0, 0.1) is 0 Å². The van der Waals surface area contributed by atoms with Crippen molar-refractivity contribution in [1.29, 1.82) is 0 Å². The number of hydrogen-bond donors (Lipinski definition) is 1. The summed E-state index contributed by atoms with van der Waals surface area (Å²) in [6, 6.07) is 17.0. The summed E-state index contributed by atoms with van der Waals surface area (Å²) in [4.78, 5) is 2.38. The minimum Gasteiger partial charge on any atom is -0.367 e. The van der Waals surface area contributed by atoms with E-state index in [0.29, 0.717) is 6.04 Å². The molecule has 0 radical (unpaired) electrons. The second-order valence-corrected chi connectivity index (χ2v) is 6.14. The van der Waals surface area contributed by atoms with Gasteiger partial charge in [0.1, 0.15) is 0 Å². The van der Waals surface area contributed by atoms with E-state index in [1.165, 1.54) is 11.3 Å².